The number of rotatable bonds is 6. The number of imide groups is 1. The number of fused-ring (bicyclic) bond motifs is 1. The number of halogens is 1. The van der Waals surface area contributed by atoms with Crippen LogP contribution < -0.4 is 5.32 Å². The molecule has 1 N–H and O–H groups in total. The Bertz CT molecular complexity index is 984. The monoisotopic (exact) mass is 398 g/mol. The number of ketones is 1. The van der Waals surface area contributed by atoms with E-state index < -0.39 is 11.8 Å². The van der Waals surface area contributed by atoms with Gasteiger partial charge in [0, 0.05) is 22.7 Å². The molecule has 0 saturated heterocycles. The smallest absolute Gasteiger partial charge is 0.261 e. The summed E-state index contributed by atoms with van der Waals surface area (Å²) in [6.07, 6.45) is 0. The summed E-state index contributed by atoms with van der Waals surface area (Å²) < 4.78 is 0. The van der Waals surface area contributed by atoms with Crippen LogP contribution in [-0.2, 0) is 0 Å². The maximum absolute atomic E-state index is 12.5. The molecule has 0 bridgehead atoms. The lowest BCUT2D eigenvalue weighted by Crippen LogP contribution is -2.33. The fourth-order valence-electron chi connectivity index (χ4n) is 2.99. The molecule has 144 valence electrons. The van der Waals surface area contributed by atoms with E-state index in [4.69, 9.17) is 11.6 Å². The molecule has 1 aliphatic rings. The summed E-state index contributed by atoms with van der Waals surface area (Å²) in [5.74, 6) is -1.40. The van der Waals surface area contributed by atoms with E-state index in [2.05, 4.69) is 5.32 Å². The number of hydrogen-bond acceptors (Lipinski definition) is 4. The molecule has 3 rings (SSSR count). The van der Waals surface area contributed by atoms with Crippen molar-refractivity contribution in [3.05, 3.63) is 69.7 Å². The Labute approximate surface area is 167 Å². The molecule has 7 heteroatoms. The number of carbonyl (C=O) groups excluding carboxylic acids is 4. The highest BCUT2D eigenvalue weighted by Crippen LogP contribution is 2.25. The highest BCUT2D eigenvalue weighted by Gasteiger charge is 2.36. The zero-order chi connectivity index (χ0) is 20.4. The van der Waals surface area contributed by atoms with E-state index in [1.165, 1.54) is 29.2 Å². The van der Waals surface area contributed by atoms with Crippen molar-refractivity contribution in [2.24, 2.45) is 5.92 Å². The van der Waals surface area contributed by atoms with E-state index in [9.17, 15) is 19.2 Å². The fraction of sp³-hybridized carbons (Fsp3) is 0.238. The molecular formula is C21H19ClN2O4. The Morgan fingerprint density at radius 3 is 2.39 bits per heavy atom. The average Bonchev–Trinajstić information content (AvgIpc) is 2.90. The molecule has 0 radical (unpaired) electrons. The maximum atomic E-state index is 12.5. The Morgan fingerprint density at radius 1 is 1.00 bits per heavy atom. The molecule has 0 fully saturated rings. The van der Waals surface area contributed by atoms with Crippen LogP contribution >= 0.6 is 11.6 Å². The Balaban J connectivity index is 1.71. The molecule has 6 nitrogen and oxygen atoms in total. The van der Waals surface area contributed by atoms with Gasteiger partial charge in [-0.1, -0.05) is 37.6 Å². The predicted molar refractivity (Wildman–Crippen MR) is 105 cm³/mol. The Kier molecular flexibility index (Phi) is 5.61. The van der Waals surface area contributed by atoms with Crippen LogP contribution in [0.5, 0.6) is 0 Å². The van der Waals surface area contributed by atoms with Gasteiger partial charge in [-0.2, -0.15) is 0 Å². The second-order valence-electron chi connectivity index (χ2n) is 6.99. The summed E-state index contributed by atoms with van der Waals surface area (Å²) in [6.45, 7) is 3.95. The number of hydrogen-bond donors (Lipinski definition) is 1. The summed E-state index contributed by atoms with van der Waals surface area (Å²) in [7, 11) is 0. The molecule has 0 aliphatic carbocycles. The molecule has 1 heterocycles. The first kappa shape index (κ1) is 19.8. The van der Waals surface area contributed by atoms with Gasteiger partial charge in [0.2, 0.25) is 0 Å². The largest absolute Gasteiger partial charge is 0.345 e. The standard InChI is InChI=1S/C21H19ClN2O4/c1-12(2)11-24-20(27)16-7-6-14(9-17(16)21(24)28)19(26)23-10-18(25)13-4-3-5-15(22)8-13/h3-9,12H,10-11H2,1-2H3,(H,23,26). The van der Waals surface area contributed by atoms with Crippen LogP contribution in [-0.4, -0.2) is 41.5 Å². The number of nitrogens with zero attached hydrogens (tertiary/aromatic N) is 1. The quantitative estimate of drug-likeness (QED) is 0.598. The van der Waals surface area contributed by atoms with Gasteiger partial charge in [0.25, 0.3) is 17.7 Å². The van der Waals surface area contributed by atoms with Crippen molar-refractivity contribution in [3.63, 3.8) is 0 Å². The Hall–Kier alpha value is -2.99. The van der Waals surface area contributed by atoms with Crippen molar-refractivity contribution in [3.8, 4) is 0 Å². The van der Waals surface area contributed by atoms with Crippen molar-refractivity contribution in [1.29, 1.82) is 0 Å². The highest BCUT2D eigenvalue weighted by molar-refractivity contribution is 6.31. The molecule has 2 aromatic carbocycles. The molecule has 28 heavy (non-hydrogen) atoms. The van der Waals surface area contributed by atoms with Gasteiger partial charge >= 0.3 is 0 Å². The van der Waals surface area contributed by atoms with Crippen LogP contribution in [0.15, 0.2) is 42.5 Å². The van der Waals surface area contributed by atoms with Crippen molar-refractivity contribution < 1.29 is 19.2 Å². The molecule has 3 amide bonds. The third-order valence-electron chi connectivity index (χ3n) is 4.34. The lowest BCUT2D eigenvalue weighted by Gasteiger charge is -2.15. The molecule has 0 atom stereocenters. The topological polar surface area (TPSA) is 83.6 Å². The van der Waals surface area contributed by atoms with Crippen LogP contribution in [0.2, 0.25) is 5.02 Å². The third kappa shape index (κ3) is 3.97. The van der Waals surface area contributed by atoms with E-state index in [1.807, 2.05) is 13.8 Å². The molecule has 0 unspecified atom stereocenters. The number of Topliss-reactive ketones (excluding diaryl/α,β-unsaturated/α-hetero) is 1. The van der Waals surface area contributed by atoms with Crippen molar-refractivity contribution >= 4 is 35.1 Å². The number of carbonyl (C=O) groups is 4. The van der Waals surface area contributed by atoms with Gasteiger partial charge in [-0.05, 0) is 36.2 Å². The van der Waals surface area contributed by atoms with Gasteiger partial charge in [0.05, 0.1) is 17.7 Å². The summed E-state index contributed by atoms with van der Waals surface area (Å²) in [6, 6.07) is 10.8. The second-order valence-corrected chi connectivity index (χ2v) is 7.43. The van der Waals surface area contributed by atoms with Crippen LogP contribution in [0, 0.1) is 5.92 Å². The second kappa shape index (κ2) is 7.94. The minimum atomic E-state index is -0.499. The number of benzene rings is 2. The summed E-state index contributed by atoms with van der Waals surface area (Å²) in [5.41, 5.74) is 1.11. The van der Waals surface area contributed by atoms with Gasteiger partial charge in [-0.3, -0.25) is 24.1 Å². The van der Waals surface area contributed by atoms with E-state index >= 15 is 0 Å². The molecular weight excluding hydrogens is 380 g/mol. The van der Waals surface area contributed by atoms with Crippen LogP contribution in [0.1, 0.15) is 55.3 Å². The lowest BCUT2D eigenvalue weighted by atomic mass is 10.1. The normalized spacial score (nSPS) is 13.1. The van der Waals surface area contributed by atoms with Gasteiger partial charge in [0.1, 0.15) is 0 Å². The van der Waals surface area contributed by atoms with Crippen LogP contribution in [0.4, 0.5) is 0 Å². The SMILES string of the molecule is CC(C)CN1C(=O)c2ccc(C(=O)NCC(=O)c3cccc(Cl)c3)cc2C1=O. The zero-order valence-corrected chi connectivity index (χ0v) is 16.2. The molecule has 0 saturated carbocycles. The van der Waals surface area contributed by atoms with Gasteiger partial charge < -0.3 is 5.32 Å². The van der Waals surface area contributed by atoms with E-state index in [0.29, 0.717) is 17.1 Å². The Morgan fingerprint density at radius 2 is 1.71 bits per heavy atom. The highest BCUT2D eigenvalue weighted by atomic mass is 35.5. The molecule has 2 aromatic rings. The number of nitrogens with one attached hydrogen (secondary N) is 1. The van der Waals surface area contributed by atoms with Gasteiger partial charge in [0.15, 0.2) is 5.78 Å². The summed E-state index contributed by atoms with van der Waals surface area (Å²) in [4.78, 5) is 50.7. The maximum Gasteiger partial charge on any atom is 0.261 e. The minimum Gasteiger partial charge on any atom is -0.345 e. The average molecular weight is 399 g/mol. The first-order valence-electron chi connectivity index (χ1n) is 8.85. The van der Waals surface area contributed by atoms with Crippen molar-refractivity contribution in [2.45, 2.75) is 13.8 Å². The van der Waals surface area contributed by atoms with E-state index in [-0.39, 0.29) is 40.8 Å². The van der Waals surface area contributed by atoms with Crippen molar-refractivity contribution in [2.75, 3.05) is 13.1 Å². The van der Waals surface area contributed by atoms with Crippen LogP contribution in [0.3, 0.4) is 0 Å². The summed E-state index contributed by atoms with van der Waals surface area (Å²) in [5, 5.41) is 2.97. The first-order chi connectivity index (χ1) is 13.3. The van der Waals surface area contributed by atoms with E-state index in [1.54, 1.807) is 18.2 Å². The zero-order valence-electron chi connectivity index (χ0n) is 15.5. The van der Waals surface area contributed by atoms with Gasteiger partial charge in [-0.25, -0.2) is 0 Å². The van der Waals surface area contributed by atoms with E-state index in [0.717, 1.165) is 0 Å². The van der Waals surface area contributed by atoms with Crippen molar-refractivity contribution in [1.82, 2.24) is 10.2 Å². The first-order valence-corrected chi connectivity index (χ1v) is 9.23. The minimum absolute atomic E-state index is 0.141. The fourth-order valence-corrected chi connectivity index (χ4v) is 3.18. The molecule has 0 aromatic heterocycles. The van der Waals surface area contributed by atoms with Crippen LogP contribution in [0.25, 0.3) is 0 Å². The lowest BCUT2D eigenvalue weighted by molar-refractivity contribution is 0.0636. The summed E-state index contributed by atoms with van der Waals surface area (Å²) >= 11 is 5.87. The molecule has 1 aliphatic heterocycles. The molecule has 0 spiro atoms. The predicted octanol–water partition coefficient (Wildman–Crippen LogP) is 3.20. The van der Waals surface area contributed by atoms with Gasteiger partial charge in [-0.15, -0.1) is 0 Å². The third-order valence-corrected chi connectivity index (χ3v) is 4.57. The number of amides is 3.